The van der Waals surface area contributed by atoms with Crippen LogP contribution in [0.1, 0.15) is 60.5 Å². The van der Waals surface area contributed by atoms with Gasteiger partial charge in [-0.25, -0.2) is 14.6 Å². The average Bonchev–Trinajstić information content (AvgIpc) is 3.85. The molecule has 3 amide bonds. The number of para-hydroxylation sites is 1. The van der Waals surface area contributed by atoms with E-state index in [1.54, 1.807) is 11.2 Å². The van der Waals surface area contributed by atoms with Crippen LogP contribution >= 0.6 is 0 Å². The number of benzene rings is 3. The first kappa shape index (κ1) is 39.2. The minimum Gasteiger partial charge on any atom is -0.457 e. The van der Waals surface area contributed by atoms with Gasteiger partial charge in [0, 0.05) is 81.6 Å². The zero-order valence-electron chi connectivity index (χ0n) is 34.5. The lowest BCUT2D eigenvalue weighted by molar-refractivity contribution is -0.136. The van der Waals surface area contributed by atoms with Gasteiger partial charge in [0.15, 0.2) is 5.65 Å². The Morgan fingerprint density at radius 3 is 2.30 bits per heavy atom. The van der Waals surface area contributed by atoms with E-state index in [-0.39, 0.29) is 30.2 Å². The first-order valence-electron chi connectivity index (χ1n) is 21.9. The molecule has 4 saturated heterocycles. The van der Waals surface area contributed by atoms with Crippen LogP contribution in [-0.2, 0) is 16.1 Å². The van der Waals surface area contributed by atoms with Gasteiger partial charge in [-0.15, -0.1) is 0 Å². The molecule has 0 saturated carbocycles. The summed E-state index contributed by atoms with van der Waals surface area (Å²) >= 11 is 0. The molecule has 15 heteroatoms. The van der Waals surface area contributed by atoms with Gasteiger partial charge in [-0.05, 0) is 112 Å². The topological polar surface area (TPSA) is 158 Å². The molecule has 316 valence electrons. The van der Waals surface area contributed by atoms with E-state index in [2.05, 4.69) is 40.6 Å². The number of nitrogen functional groups attached to an aromatic ring is 1. The average molecular weight is 824 g/mol. The number of piperazine rings is 1. The molecular formula is C46H53N11O4. The van der Waals surface area contributed by atoms with Crippen LogP contribution in [0.15, 0.2) is 79.1 Å². The van der Waals surface area contributed by atoms with E-state index < -0.39 is 6.04 Å². The molecule has 0 spiro atoms. The first-order chi connectivity index (χ1) is 29.8. The molecule has 0 aliphatic carbocycles. The third-order valence-corrected chi connectivity index (χ3v) is 13.4. The second-order valence-electron chi connectivity index (χ2n) is 17.1. The molecule has 4 fully saturated rings. The van der Waals surface area contributed by atoms with Gasteiger partial charge in [0.2, 0.25) is 11.8 Å². The van der Waals surface area contributed by atoms with E-state index in [0.29, 0.717) is 30.4 Å². The summed E-state index contributed by atoms with van der Waals surface area (Å²) in [5.41, 5.74) is 11.8. The highest BCUT2D eigenvalue weighted by Crippen LogP contribution is 2.36. The van der Waals surface area contributed by atoms with Crippen LogP contribution < -0.4 is 20.7 Å². The van der Waals surface area contributed by atoms with Gasteiger partial charge in [0.1, 0.15) is 35.4 Å². The molecule has 0 bridgehead atoms. The summed E-state index contributed by atoms with van der Waals surface area (Å²) in [7, 11) is 0. The van der Waals surface area contributed by atoms with E-state index in [0.717, 1.165) is 123 Å². The van der Waals surface area contributed by atoms with Gasteiger partial charge in [0.25, 0.3) is 5.91 Å². The van der Waals surface area contributed by atoms with Gasteiger partial charge in [-0.3, -0.25) is 29.5 Å². The lowest BCUT2D eigenvalue weighted by Crippen LogP contribution is -2.52. The van der Waals surface area contributed by atoms with Crippen LogP contribution in [0.3, 0.4) is 0 Å². The molecule has 2 atom stereocenters. The summed E-state index contributed by atoms with van der Waals surface area (Å²) in [6, 6.07) is 24.0. The minimum atomic E-state index is -0.593. The molecule has 1 unspecified atom stereocenters. The predicted octanol–water partition coefficient (Wildman–Crippen LogP) is 4.55. The number of amides is 3. The van der Waals surface area contributed by atoms with E-state index in [1.165, 1.54) is 12.8 Å². The van der Waals surface area contributed by atoms with Gasteiger partial charge in [-0.2, -0.15) is 5.10 Å². The number of ether oxygens (including phenoxy) is 1. The fraction of sp³-hybridized carbons (Fsp3) is 0.435. The summed E-state index contributed by atoms with van der Waals surface area (Å²) in [4.78, 5) is 58.3. The number of rotatable bonds is 10. The number of nitrogens with zero attached hydrogens (tertiary/aromatic N) is 9. The highest BCUT2D eigenvalue weighted by atomic mass is 16.5. The van der Waals surface area contributed by atoms with Crippen molar-refractivity contribution in [2.75, 3.05) is 76.1 Å². The molecule has 7 heterocycles. The highest BCUT2D eigenvalue weighted by molar-refractivity contribution is 6.05. The van der Waals surface area contributed by atoms with E-state index in [4.69, 9.17) is 20.6 Å². The first-order valence-corrected chi connectivity index (χ1v) is 21.9. The smallest absolute Gasteiger partial charge is 0.255 e. The number of fused-ring (bicyclic) bond motifs is 2. The second-order valence-corrected chi connectivity index (χ2v) is 17.1. The number of hydrogen-bond acceptors (Lipinski definition) is 12. The van der Waals surface area contributed by atoms with Gasteiger partial charge in [-0.1, -0.05) is 18.2 Å². The molecule has 5 aromatic rings. The second kappa shape index (κ2) is 16.9. The van der Waals surface area contributed by atoms with Crippen LogP contribution in [-0.4, -0.2) is 135 Å². The van der Waals surface area contributed by atoms with E-state index in [1.807, 2.05) is 66.7 Å². The summed E-state index contributed by atoms with van der Waals surface area (Å²) < 4.78 is 8.15. The van der Waals surface area contributed by atoms with Crippen LogP contribution in [0.2, 0.25) is 0 Å². The number of hydrogen-bond donors (Lipinski definition) is 2. The number of nitrogens with two attached hydrogens (primary N) is 1. The Kier molecular flexibility index (Phi) is 10.9. The SMILES string of the molecule is Nc1ncnc2c1c(-c1ccc(Oc3ccccc3)cc1)nn2[C@@H]1CCCN(C2CCN(CCN3CCN(c4ccc5c(c4)CN(C4CCC(=O)NC4=O)C5=O)CC3)CC2)C1. The fourth-order valence-electron chi connectivity index (χ4n) is 10.1. The predicted molar refractivity (Wildman–Crippen MR) is 232 cm³/mol. The van der Waals surface area contributed by atoms with Crippen molar-refractivity contribution < 1.29 is 19.1 Å². The number of carbonyl (C=O) groups is 3. The van der Waals surface area contributed by atoms with Crippen molar-refractivity contribution in [2.24, 2.45) is 0 Å². The maximum Gasteiger partial charge on any atom is 0.255 e. The standard InChI is InChI=1S/C46H53N11O4/c47-43-41-42(31-8-11-37(12-9-31)61-36-6-2-1-3-7-36)51-57(44(41)49-30-48-43)35-5-4-18-55(29-35)33-16-19-52(20-17-33)21-22-53-23-25-54(26-24-53)34-10-13-38-32(27-34)28-56(46(38)60)39-14-15-40(58)50-45(39)59/h1-3,6-13,27,30,33,35,39H,4-5,14-26,28-29H2,(H2,47,48,49)(H,50,58,59)/t35-,39?/m1/s1. The summed E-state index contributed by atoms with van der Waals surface area (Å²) in [5.74, 6) is 1.22. The quantitative estimate of drug-likeness (QED) is 0.190. The molecule has 3 N–H and O–H groups in total. The molecule has 15 nitrogen and oxygen atoms in total. The number of imide groups is 1. The number of likely N-dealkylation sites (tertiary alicyclic amines) is 2. The number of anilines is 2. The highest BCUT2D eigenvalue weighted by Gasteiger charge is 2.39. The van der Waals surface area contributed by atoms with Gasteiger partial charge >= 0.3 is 0 Å². The van der Waals surface area contributed by atoms with Crippen LogP contribution in [0.5, 0.6) is 11.5 Å². The zero-order chi connectivity index (χ0) is 41.5. The van der Waals surface area contributed by atoms with E-state index in [9.17, 15) is 14.4 Å². The lowest BCUT2D eigenvalue weighted by Gasteiger charge is -2.43. The Hall–Kier alpha value is -5.90. The molecule has 61 heavy (non-hydrogen) atoms. The minimum absolute atomic E-state index is 0.127. The Morgan fingerprint density at radius 2 is 1.52 bits per heavy atom. The number of aromatic nitrogens is 4. The Bertz CT molecular complexity index is 2410. The maximum absolute atomic E-state index is 13.2. The Labute approximate surface area is 355 Å². The lowest BCUT2D eigenvalue weighted by atomic mass is 9.98. The van der Waals surface area contributed by atoms with Crippen LogP contribution in [0.4, 0.5) is 11.5 Å². The van der Waals surface area contributed by atoms with Crippen molar-refractivity contribution in [1.82, 2.24) is 44.7 Å². The third kappa shape index (κ3) is 8.05. The zero-order valence-corrected chi connectivity index (χ0v) is 34.5. The van der Waals surface area contributed by atoms with Crippen molar-refractivity contribution in [3.05, 3.63) is 90.3 Å². The van der Waals surface area contributed by atoms with Gasteiger partial charge < -0.3 is 25.2 Å². The molecule has 3 aromatic carbocycles. The molecule has 5 aliphatic rings. The number of carbonyl (C=O) groups excluding carboxylic acids is 3. The normalized spacial score (nSPS) is 22.2. The molecule has 2 aromatic heterocycles. The number of nitrogens with one attached hydrogen (secondary N) is 1. The van der Waals surface area contributed by atoms with Gasteiger partial charge in [0.05, 0.1) is 11.4 Å². The number of piperidine rings is 3. The molecular weight excluding hydrogens is 771 g/mol. The van der Waals surface area contributed by atoms with Crippen molar-refractivity contribution in [3.63, 3.8) is 0 Å². The van der Waals surface area contributed by atoms with Crippen LogP contribution in [0, 0.1) is 0 Å². The van der Waals surface area contributed by atoms with E-state index >= 15 is 0 Å². The molecule has 0 radical (unpaired) electrons. The Morgan fingerprint density at radius 1 is 0.770 bits per heavy atom. The van der Waals surface area contributed by atoms with Crippen molar-refractivity contribution in [1.29, 1.82) is 0 Å². The van der Waals surface area contributed by atoms with Crippen molar-refractivity contribution >= 4 is 40.3 Å². The maximum atomic E-state index is 13.2. The fourth-order valence-corrected chi connectivity index (χ4v) is 10.1. The van der Waals surface area contributed by atoms with Crippen LogP contribution in [0.25, 0.3) is 22.3 Å². The summed E-state index contributed by atoms with van der Waals surface area (Å²) in [6.45, 7) is 10.7. The summed E-state index contributed by atoms with van der Waals surface area (Å²) in [5, 5.41) is 8.38. The monoisotopic (exact) mass is 823 g/mol. The molecule has 10 rings (SSSR count). The summed E-state index contributed by atoms with van der Waals surface area (Å²) in [6.07, 6.45) is 6.67. The largest absolute Gasteiger partial charge is 0.457 e. The Balaban J connectivity index is 0.705. The van der Waals surface area contributed by atoms with Crippen molar-refractivity contribution in [2.45, 2.75) is 63.2 Å². The molecule has 5 aliphatic heterocycles. The third-order valence-electron chi connectivity index (χ3n) is 13.4. The van der Waals surface area contributed by atoms with Crippen molar-refractivity contribution in [3.8, 4) is 22.8 Å².